The molecule has 0 aliphatic rings. The lowest BCUT2D eigenvalue weighted by molar-refractivity contribution is -0.112. The van der Waals surface area contributed by atoms with E-state index in [2.05, 4.69) is 10.6 Å². The summed E-state index contributed by atoms with van der Waals surface area (Å²) in [7, 11) is 0. The third-order valence-corrected chi connectivity index (χ3v) is 5.91. The van der Waals surface area contributed by atoms with E-state index in [4.69, 9.17) is 46.4 Å². The number of nitrogens with one attached hydrogen (secondary N) is 2. The largest absolute Gasteiger partial charge is 0.321 e. The average molecular weight is 520 g/mol. The van der Waals surface area contributed by atoms with Gasteiger partial charge in [-0.3, -0.25) is 9.59 Å². The van der Waals surface area contributed by atoms with E-state index in [-0.39, 0.29) is 11.8 Å². The van der Waals surface area contributed by atoms with Gasteiger partial charge in [0.25, 0.3) is 0 Å². The summed E-state index contributed by atoms with van der Waals surface area (Å²) >= 11 is 23.8. The minimum atomic E-state index is -0.369. The van der Waals surface area contributed by atoms with Crippen molar-refractivity contribution in [2.24, 2.45) is 0 Å². The predicted molar refractivity (Wildman–Crippen MR) is 139 cm³/mol. The van der Waals surface area contributed by atoms with Crippen molar-refractivity contribution < 1.29 is 9.59 Å². The standard InChI is InChI=1S/C25H18Cl4N2O2/c1-15-2-9-22(30-24(32)10-5-16-3-7-18(26)20(28)13-16)23(12-15)31-25(33)11-6-17-4-8-19(27)21(29)14-17/h2-14H,1H3,(H,30,32)(H,31,33)/b10-5+,11-6+. The summed E-state index contributed by atoms with van der Waals surface area (Å²) in [6.45, 7) is 1.89. The van der Waals surface area contributed by atoms with Crippen LogP contribution in [0, 0.1) is 6.92 Å². The van der Waals surface area contributed by atoms with Crippen LogP contribution >= 0.6 is 46.4 Å². The van der Waals surface area contributed by atoms with E-state index in [1.807, 2.05) is 13.0 Å². The van der Waals surface area contributed by atoms with Crippen molar-refractivity contribution in [2.75, 3.05) is 10.6 Å². The summed E-state index contributed by atoms with van der Waals surface area (Å²) in [5.74, 6) is -0.736. The maximum Gasteiger partial charge on any atom is 0.248 e. The molecular formula is C25H18Cl4N2O2. The van der Waals surface area contributed by atoms with Crippen LogP contribution in [0.4, 0.5) is 11.4 Å². The highest BCUT2D eigenvalue weighted by molar-refractivity contribution is 6.42. The Balaban J connectivity index is 1.70. The number of hydrogen-bond acceptors (Lipinski definition) is 2. The second-order valence-corrected chi connectivity index (χ2v) is 8.67. The molecular weight excluding hydrogens is 502 g/mol. The fourth-order valence-corrected chi connectivity index (χ4v) is 3.41. The van der Waals surface area contributed by atoms with Crippen molar-refractivity contribution in [3.63, 3.8) is 0 Å². The Morgan fingerprint density at radius 3 is 1.61 bits per heavy atom. The number of carbonyl (C=O) groups is 2. The molecule has 0 saturated heterocycles. The zero-order valence-corrected chi connectivity index (χ0v) is 20.4. The van der Waals surface area contributed by atoms with Crippen molar-refractivity contribution in [1.29, 1.82) is 0 Å². The van der Waals surface area contributed by atoms with Gasteiger partial charge in [0.05, 0.1) is 31.5 Å². The van der Waals surface area contributed by atoms with Gasteiger partial charge in [-0.1, -0.05) is 64.6 Å². The summed E-state index contributed by atoms with van der Waals surface area (Å²) in [6, 6.07) is 15.4. The summed E-state index contributed by atoms with van der Waals surface area (Å²) in [5, 5.41) is 7.23. The molecule has 168 valence electrons. The Kier molecular flexibility index (Phi) is 8.59. The van der Waals surface area contributed by atoms with Gasteiger partial charge in [-0.05, 0) is 72.2 Å². The minimum absolute atomic E-state index is 0.367. The molecule has 3 aromatic rings. The molecule has 0 aliphatic heterocycles. The lowest BCUT2D eigenvalue weighted by Crippen LogP contribution is -2.13. The van der Waals surface area contributed by atoms with Gasteiger partial charge in [-0.15, -0.1) is 0 Å². The highest BCUT2D eigenvalue weighted by Gasteiger charge is 2.08. The zero-order chi connectivity index (χ0) is 24.0. The quantitative estimate of drug-likeness (QED) is 0.325. The highest BCUT2D eigenvalue weighted by atomic mass is 35.5. The third kappa shape index (κ3) is 7.37. The lowest BCUT2D eigenvalue weighted by Gasteiger charge is -2.11. The van der Waals surface area contributed by atoms with Gasteiger partial charge in [0.2, 0.25) is 11.8 Å². The Bertz CT molecular complexity index is 1270. The number of hydrogen-bond donors (Lipinski definition) is 2. The van der Waals surface area contributed by atoms with Gasteiger partial charge in [0.15, 0.2) is 0 Å². The number of benzene rings is 3. The van der Waals surface area contributed by atoms with E-state index in [0.717, 1.165) is 16.7 Å². The zero-order valence-electron chi connectivity index (χ0n) is 17.3. The van der Waals surface area contributed by atoms with Crippen molar-refractivity contribution in [3.8, 4) is 0 Å². The van der Waals surface area contributed by atoms with Gasteiger partial charge in [0, 0.05) is 12.2 Å². The van der Waals surface area contributed by atoms with Crippen molar-refractivity contribution in [1.82, 2.24) is 0 Å². The molecule has 33 heavy (non-hydrogen) atoms. The monoisotopic (exact) mass is 518 g/mol. The van der Waals surface area contributed by atoms with Crippen LogP contribution in [-0.4, -0.2) is 11.8 Å². The van der Waals surface area contributed by atoms with Crippen LogP contribution in [-0.2, 0) is 9.59 Å². The number of aryl methyl sites for hydroxylation is 1. The normalized spacial score (nSPS) is 11.2. The van der Waals surface area contributed by atoms with Crippen LogP contribution in [0.5, 0.6) is 0 Å². The summed E-state index contributed by atoms with van der Waals surface area (Å²) in [5.41, 5.74) is 3.30. The van der Waals surface area contributed by atoms with E-state index in [1.54, 1.807) is 60.7 Å². The Morgan fingerprint density at radius 1 is 0.636 bits per heavy atom. The maximum absolute atomic E-state index is 12.5. The topological polar surface area (TPSA) is 58.2 Å². The second-order valence-electron chi connectivity index (χ2n) is 7.04. The predicted octanol–water partition coefficient (Wildman–Crippen LogP) is 7.91. The van der Waals surface area contributed by atoms with Crippen LogP contribution in [0.15, 0.2) is 66.7 Å². The van der Waals surface area contributed by atoms with Crippen LogP contribution in [0.2, 0.25) is 20.1 Å². The second kappa shape index (κ2) is 11.4. The number of anilines is 2. The molecule has 0 radical (unpaired) electrons. The van der Waals surface area contributed by atoms with E-state index in [0.29, 0.717) is 31.5 Å². The first-order chi connectivity index (χ1) is 15.7. The molecule has 0 fully saturated rings. The van der Waals surface area contributed by atoms with Crippen molar-refractivity contribution in [2.45, 2.75) is 6.92 Å². The molecule has 0 atom stereocenters. The van der Waals surface area contributed by atoms with Crippen molar-refractivity contribution in [3.05, 3.63) is 104 Å². The molecule has 4 nitrogen and oxygen atoms in total. The fraction of sp³-hybridized carbons (Fsp3) is 0.0400. The van der Waals surface area contributed by atoms with Crippen LogP contribution in [0.3, 0.4) is 0 Å². The van der Waals surface area contributed by atoms with E-state index < -0.39 is 0 Å². The first kappa shape index (κ1) is 24.9. The summed E-state index contributed by atoms with van der Waals surface area (Å²) in [4.78, 5) is 24.9. The Morgan fingerprint density at radius 2 is 1.12 bits per heavy atom. The van der Waals surface area contributed by atoms with Gasteiger partial charge in [-0.25, -0.2) is 0 Å². The molecule has 2 N–H and O–H groups in total. The lowest BCUT2D eigenvalue weighted by atomic mass is 10.1. The molecule has 0 bridgehead atoms. The summed E-state index contributed by atoms with van der Waals surface area (Å²) in [6.07, 6.45) is 5.97. The molecule has 0 aliphatic carbocycles. The number of halogens is 4. The first-order valence-corrected chi connectivity index (χ1v) is 11.2. The SMILES string of the molecule is Cc1ccc(NC(=O)/C=C/c2ccc(Cl)c(Cl)c2)c(NC(=O)/C=C/c2ccc(Cl)c(Cl)c2)c1. The highest BCUT2D eigenvalue weighted by Crippen LogP contribution is 2.26. The first-order valence-electron chi connectivity index (χ1n) is 9.70. The molecule has 0 heterocycles. The Hall–Kier alpha value is -2.76. The molecule has 0 aromatic heterocycles. The smallest absolute Gasteiger partial charge is 0.248 e. The van der Waals surface area contributed by atoms with E-state index in [9.17, 15) is 9.59 Å². The van der Waals surface area contributed by atoms with Gasteiger partial charge in [-0.2, -0.15) is 0 Å². The van der Waals surface area contributed by atoms with Crippen molar-refractivity contribution >= 4 is 81.7 Å². The van der Waals surface area contributed by atoms with Crippen LogP contribution < -0.4 is 10.6 Å². The number of amides is 2. The summed E-state index contributed by atoms with van der Waals surface area (Å²) < 4.78 is 0. The molecule has 3 rings (SSSR count). The van der Waals surface area contributed by atoms with Gasteiger partial charge >= 0.3 is 0 Å². The fourth-order valence-electron chi connectivity index (χ4n) is 2.80. The van der Waals surface area contributed by atoms with E-state index in [1.165, 1.54) is 12.2 Å². The minimum Gasteiger partial charge on any atom is -0.321 e. The number of carbonyl (C=O) groups excluding carboxylic acids is 2. The van der Waals surface area contributed by atoms with Crippen LogP contribution in [0.1, 0.15) is 16.7 Å². The molecule has 8 heteroatoms. The molecule has 0 saturated carbocycles. The van der Waals surface area contributed by atoms with Gasteiger partial charge in [0.1, 0.15) is 0 Å². The number of rotatable bonds is 6. The molecule has 2 amide bonds. The molecule has 0 spiro atoms. The third-order valence-electron chi connectivity index (χ3n) is 4.43. The molecule has 0 unspecified atom stereocenters. The maximum atomic E-state index is 12.5. The van der Waals surface area contributed by atoms with Gasteiger partial charge < -0.3 is 10.6 Å². The average Bonchev–Trinajstić information content (AvgIpc) is 2.77. The van der Waals surface area contributed by atoms with E-state index >= 15 is 0 Å². The van der Waals surface area contributed by atoms with Crippen LogP contribution in [0.25, 0.3) is 12.2 Å². The Labute approximate surface area is 211 Å². The molecule has 3 aromatic carbocycles.